The monoisotopic (exact) mass is 199 g/mol. The van der Waals surface area contributed by atoms with E-state index in [4.69, 9.17) is 5.26 Å². The maximum atomic E-state index is 10.2. The summed E-state index contributed by atoms with van der Waals surface area (Å²) in [5.41, 5.74) is 0.877. The van der Waals surface area contributed by atoms with E-state index in [-0.39, 0.29) is 0 Å². The first-order valence-corrected chi connectivity index (χ1v) is 4.25. The van der Waals surface area contributed by atoms with E-state index >= 15 is 0 Å². The van der Waals surface area contributed by atoms with Gasteiger partial charge in [-0.05, 0) is 6.07 Å². The van der Waals surface area contributed by atoms with Crippen LogP contribution in [0.15, 0.2) is 43.0 Å². The standard InChI is InChI=1S/C8H5NO.C3H4N2/c9-5-7-3-1-2-4-8(7)6-10;1-2-5-3-4-1/h1-4,6H;1-3H,(H,4,5). The number of H-pyrrole nitrogens is 1. The number of aromatic amines is 1. The number of carbonyl (C=O) groups is 1. The molecule has 0 aliphatic heterocycles. The lowest BCUT2D eigenvalue weighted by Crippen LogP contribution is -1.84. The summed E-state index contributed by atoms with van der Waals surface area (Å²) in [6, 6.07) is 8.60. The molecule has 0 fully saturated rings. The van der Waals surface area contributed by atoms with Crippen molar-refractivity contribution < 1.29 is 4.79 Å². The topological polar surface area (TPSA) is 69.5 Å². The van der Waals surface area contributed by atoms with Gasteiger partial charge in [0.05, 0.1) is 18.0 Å². The summed E-state index contributed by atoms with van der Waals surface area (Å²) in [6.45, 7) is 0. The first-order chi connectivity index (χ1) is 7.38. The van der Waals surface area contributed by atoms with E-state index in [0.29, 0.717) is 17.4 Å². The van der Waals surface area contributed by atoms with Gasteiger partial charge in [-0.2, -0.15) is 5.26 Å². The molecule has 1 aromatic carbocycles. The Balaban J connectivity index is 0.000000187. The minimum absolute atomic E-state index is 0.428. The van der Waals surface area contributed by atoms with Crippen LogP contribution in [0.25, 0.3) is 0 Å². The van der Waals surface area contributed by atoms with Gasteiger partial charge in [0.25, 0.3) is 0 Å². The van der Waals surface area contributed by atoms with Crippen LogP contribution in [0.3, 0.4) is 0 Å². The summed E-state index contributed by atoms with van der Waals surface area (Å²) in [7, 11) is 0. The van der Waals surface area contributed by atoms with E-state index in [1.54, 1.807) is 43.0 Å². The second-order valence-corrected chi connectivity index (χ2v) is 2.58. The van der Waals surface area contributed by atoms with Crippen molar-refractivity contribution in [3.8, 4) is 6.07 Å². The molecule has 1 N–H and O–H groups in total. The maximum Gasteiger partial charge on any atom is 0.151 e. The van der Waals surface area contributed by atoms with Crippen molar-refractivity contribution in [3.05, 3.63) is 54.1 Å². The highest BCUT2D eigenvalue weighted by molar-refractivity contribution is 5.78. The molecule has 0 radical (unpaired) electrons. The normalized spacial score (nSPS) is 8.20. The molecule has 2 aromatic rings. The zero-order chi connectivity index (χ0) is 10.9. The molecule has 0 bridgehead atoms. The van der Waals surface area contributed by atoms with Gasteiger partial charge in [-0.15, -0.1) is 0 Å². The van der Waals surface area contributed by atoms with Crippen LogP contribution in [-0.2, 0) is 0 Å². The molecule has 15 heavy (non-hydrogen) atoms. The molecule has 0 saturated heterocycles. The van der Waals surface area contributed by atoms with Crippen LogP contribution in [0, 0.1) is 11.3 Å². The molecular formula is C11H9N3O. The largest absolute Gasteiger partial charge is 0.351 e. The Labute approximate surface area is 87.2 Å². The Kier molecular flexibility index (Phi) is 4.34. The van der Waals surface area contributed by atoms with Gasteiger partial charge >= 0.3 is 0 Å². The van der Waals surface area contributed by atoms with Crippen molar-refractivity contribution in [2.24, 2.45) is 0 Å². The molecule has 4 heteroatoms. The Bertz CT molecular complexity index is 426. The minimum Gasteiger partial charge on any atom is -0.351 e. The predicted molar refractivity (Wildman–Crippen MR) is 55.1 cm³/mol. The van der Waals surface area contributed by atoms with Crippen LogP contribution in [-0.4, -0.2) is 16.3 Å². The van der Waals surface area contributed by atoms with E-state index in [2.05, 4.69) is 9.97 Å². The average molecular weight is 199 g/mol. The van der Waals surface area contributed by atoms with E-state index in [9.17, 15) is 4.79 Å². The molecule has 4 nitrogen and oxygen atoms in total. The average Bonchev–Trinajstić information content (AvgIpc) is 2.87. The van der Waals surface area contributed by atoms with E-state index in [1.165, 1.54) is 0 Å². The molecule has 0 atom stereocenters. The zero-order valence-electron chi connectivity index (χ0n) is 7.92. The number of aromatic nitrogens is 2. The van der Waals surface area contributed by atoms with Crippen LogP contribution in [0.4, 0.5) is 0 Å². The summed E-state index contributed by atoms with van der Waals surface area (Å²) in [6.07, 6.45) is 5.76. The van der Waals surface area contributed by atoms with E-state index < -0.39 is 0 Å². The van der Waals surface area contributed by atoms with Crippen LogP contribution in [0.2, 0.25) is 0 Å². The van der Waals surface area contributed by atoms with Gasteiger partial charge in [-0.1, -0.05) is 18.2 Å². The van der Waals surface area contributed by atoms with Gasteiger partial charge in [0.2, 0.25) is 0 Å². The van der Waals surface area contributed by atoms with Crippen molar-refractivity contribution in [2.75, 3.05) is 0 Å². The lowest BCUT2D eigenvalue weighted by Gasteiger charge is -1.89. The Morgan fingerprint density at radius 2 is 2.20 bits per heavy atom. The summed E-state index contributed by atoms with van der Waals surface area (Å²) in [5, 5.41) is 8.44. The lowest BCUT2D eigenvalue weighted by molar-refractivity contribution is 0.112. The van der Waals surface area contributed by atoms with E-state index in [1.807, 2.05) is 6.07 Å². The molecule has 1 aromatic heterocycles. The predicted octanol–water partition coefficient (Wildman–Crippen LogP) is 1.78. The number of rotatable bonds is 1. The molecule has 0 saturated carbocycles. The molecule has 1 heterocycles. The third kappa shape index (κ3) is 3.44. The molecular weight excluding hydrogens is 190 g/mol. The highest BCUT2D eigenvalue weighted by Crippen LogP contribution is 2.02. The van der Waals surface area contributed by atoms with Crippen molar-refractivity contribution in [1.82, 2.24) is 9.97 Å². The zero-order valence-corrected chi connectivity index (χ0v) is 7.92. The van der Waals surface area contributed by atoms with Crippen molar-refractivity contribution >= 4 is 6.29 Å². The van der Waals surface area contributed by atoms with Gasteiger partial charge in [-0.25, -0.2) is 4.98 Å². The SMILES string of the molecule is N#Cc1ccccc1C=O.c1c[nH]cn1. The van der Waals surface area contributed by atoms with Crippen LogP contribution in [0.5, 0.6) is 0 Å². The number of carbonyl (C=O) groups excluding carboxylic acids is 1. The van der Waals surface area contributed by atoms with Gasteiger partial charge in [-0.3, -0.25) is 4.79 Å². The number of nitriles is 1. The third-order valence-electron chi connectivity index (χ3n) is 1.61. The number of benzene rings is 1. The number of nitrogens with zero attached hydrogens (tertiary/aromatic N) is 2. The number of aldehydes is 1. The van der Waals surface area contributed by atoms with Crippen LogP contribution < -0.4 is 0 Å². The summed E-state index contributed by atoms with van der Waals surface area (Å²) >= 11 is 0. The summed E-state index contributed by atoms with van der Waals surface area (Å²) < 4.78 is 0. The second kappa shape index (κ2) is 6.11. The molecule has 0 spiro atoms. The minimum atomic E-state index is 0.428. The third-order valence-corrected chi connectivity index (χ3v) is 1.61. The number of hydrogen-bond donors (Lipinski definition) is 1. The van der Waals surface area contributed by atoms with Crippen LogP contribution >= 0.6 is 0 Å². The highest BCUT2D eigenvalue weighted by Gasteiger charge is 1.95. The Morgan fingerprint density at radius 3 is 2.60 bits per heavy atom. The fourth-order valence-electron chi connectivity index (χ4n) is 0.917. The van der Waals surface area contributed by atoms with Crippen molar-refractivity contribution in [2.45, 2.75) is 0 Å². The van der Waals surface area contributed by atoms with Gasteiger partial charge in [0.15, 0.2) is 6.29 Å². The number of hydrogen-bond acceptors (Lipinski definition) is 3. The summed E-state index contributed by atoms with van der Waals surface area (Å²) in [5.74, 6) is 0. The first kappa shape index (κ1) is 10.7. The Morgan fingerprint density at radius 1 is 1.40 bits per heavy atom. The number of imidazole rings is 1. The van der Waals surface area contributed by atoms with Crippen LogP contribution in [0.1, 0.15) is 15.9 Å². The highest BCUT2D eigenvalue weighted by atomic mass is 16.1. The van der Waals surface area contributed by atoms with Gasteiger partial charge in [0, 0.05) is 18.0 Å². The fraction of sp³-hybridized carbons (Fsp3) is 0. The van der Waals surface area contributed by atoms with Crippen molar-refractivity contribution in [3.63, 3.8) is 0 Å². The van der Waals surface area contributed by atoms with Crippen molar-refractivity contribution in [1.29, 1.82) is 5.26 Å². The van der Waals surface area contributed by atoms with E-state index in [0.717, 1.165) is 0 Å². The van der Waals surface area contributed by atoms with Gasteiger partial charge < -0.3 is 4.98 Å². The quantitative estimate of drug-likeness (QED) is 0.711. The summed E-state index contributed by atoms with van der Waals surface area (Å²) in [4.78, 5) is 16.7. The smallest absolute Gasteiger partial charge is 0.151 e. The molecule has 2 rings (SSSR count). The first-order valence-electron chi connectivity index (χ1n) is 4.25. The molecule has 0 amide bonds. The molecule has 0 aliphatic rings. The lowest BCUT2D eigenvalue weighted by atomic mass is 10.1. The maximum absolute atomic E-state index is 10.2. The Hall–Kier alpha value is -2.41. The fourth-order valence-corrected chi connectivity index (χ4v) is 0.917. The molecule has 0 aliphatic carbocycles. The van der Waals surface area contributed by atoms with Gasteiger partial charge in [0.1, 0.15) is 0 Å². The second-order valence-electron chi connectivity index (χ2n) is 2.58. The number of nitrogens with one attached hydrogen (secondary N) is 1. The molecule has 74 valence electrons. The molecule has 0 unspecified atom stereocenters.